The van der Waals surface area contributed by atoms with E-state index in [0.717, 1.165) is 5.69 Å². The highest BCUT2D eigenvalue weighted by molar-refractivity contribution is 6.03. The van der Waals surface area contributed by atoms with Crippen LogP contribution in [-0.4, -0.2) is 36.5 Å². The van der Waals surface area contributed by atoms with E-state index in [0.29, 0.717) is 6.54 Å². The van der Waals surface area contributed by atoms with Gasteiger partial charge in [0.1, 0.15) is 0 Å². The summed E-state index contributed by atoms with van der Waals surface area (Å²) in [5.41, 5.74) is 0.637. The lowest BCUT2D eigenvalue weighted by molar-refractivity contribution is 0.0684. The minimum absolute atomic E-state index is 0.0440. The number of amides is 1. The van der Waals surface area contributed by atoms with Crippen molar-refractivity contribution in [3.63, 3.8) is 0 Å². The molecule has 106 valence electrons. The minimum atomic E-state index is -1.23. The number of hydrogen-bond donors (Lipinski definition) is 2. The summed E-state index contributed by atoms with van der Waals surface area (Å²) < 4.78 is 3.05. The van der Waals surface area contributed by atoms with Gasteiger partial charge in [-0.15, -0.1) is 0 Å². The first-order chi connectivity index (χ1) is 9.52. The van der Waals surface area contributed by atoms with Crippen molar-refractivity contribution >= 4 is 11.9 Å². The van der Waals surface area contributed by atoms with Crippen molar-refractivity contribution in [2.45, 2.75) is 20.0 Å². The SMILES string of the molecule is CCn1nccc1CNC(=O)c1cn(C)nc1C(=O)O. The number of aryl methyl sites for hydroxylation is 2. The molecule has 0 saturated carbocycles. The number of carbonyl (C=O) groups excluding carboxylic acids is 1. The Morgan fingerprint density at radius 1 is 1.45 bits per heavy atom. The molecule has 8 nitrogen and oxygen atoms in total. The van der Waals surface area contributed by atoms with Crippen LogP contribution in [0.15, 0.2) is 18.5 Å². The molecule has 0 atom stereocenters. The number of carboxylic acid groups (broad SMARTS) is 1. The van der Waals surface area contributed by atoms with E-state index >= 15 is 0 Å². The minimum Gasteiger partial charge on any atom is -0.476 e. The number of aromatic nitrogens is 4. The smallest absolute Gasteiger partial charge is 0.357 e. The number of nitrogens with one attached hydrogen (secondary N) is 1. The maximum Gasteiger partial charge on any atom is 0.357 e. The molecule has 2 rings (SSSR count). The highest BCUT2D eigenvalue weighted by Crippen LogP contribution is 2.07. The monoisotopic (exact) mass is 277 g/mol. The van der Waals surface area contributed by atoms with E-state index in [2.05, 4.69) is 15.5 Å². The highest BCUT2D eigenvalue weighted by Gasteiger charge is 2.20. The molecule has 1 amide bonds. The molecule has 0 bridgehead atoms. The second-order valence-electron chi connectivity index (χ2n) is 4.19. The largest absolute Gasteiger partial charge is 0.476 e. The Morgan fingerprint density at radius 2 is 2.20 bits per heavy atom. The molecule has 0 saturated heterocycles. The third-order valence-corrected chi connectivity index (χ3v) is 2.81. The van der Waals surface area contributed by atoms with Gasteiger partial charge in [-0.2, -0.15) is 10.2 Å². The van der Waals surface area contributed by atoms with Gasteiger partial charge in [-0.25, -0.2) is 4.79 Å². The molecule has 2 aromatic rings. The Labute approximate surface area is 115 Å². The lowest BCUT2D eigenvalue weighted by atomic mass is 10.2. The zero-order valence-corrected chi connectivity index (χ0v) is 11.2. The quantitative estimate of drug-likeness (QED) is 0.816. The average molecular weight is 277 g/mol. The summed E-state index contributed by atoms with van der Waals surface area (Å²) in [5, 5.41) is 19.5. The molecular formula is C12H15N5O3. The van der Waals surface area contributed by atoms with Crippen molar-refractivity contribution in [2.24, 2.45) is 7.05 Å². The first-order valence-corrected chi connectivity index (χ1v) is 6.08. The van der Waals surface area contributed by atoms with E-state index in [9.17, 15) is 9.59 Å². The molecule has 0 radical (unpaired) electrons. The van der Waals surface area contributed by atoms with Crippen LogP contribution in [0.25, 0.3) is 0 Å². The summed E-state index contributed by atoms with van der Waals surface area (Å²) in [7, 11) is 1.56. The summed E-state index contributed by atoms with van der Waals surface area (Å²) in [6.07, 6.45) is 3.04. The lowest BCUT2D eigenvalue weighted by Crippen LogP contribution is -2.25. The van der Waals surface area contributed by atoms with Gasteiger partial charge in [0.15, 0.2) is 5.69 Å². The van der Waals surface area contributed by atoms with E-state index in [1.54, 1.807) is 24.0 Å². The number of hydrogen-bond acceptors (Lipinski definition) is 4. The molecule has 0 aromatic carbocycles. The molecule has 0 aliphatic rings. The maximum atomic E-state index is 12.0. The van der Waals surface area contributed by atoms with Crippen molar-refractivity contribution in [3.8, 4) is 0 Å². The Kier molecular flexibility index (Phi) is 3.83. The molecule has 8 heteroatoms. The van der Waals surface area contributed by atoms with Crippen LogP contribution in [0.2, 0.25) is 0 Å². The van der Waals surface area contributed by atoms with E-state index in [-0.39, 0.29) is 17.8 Å². The van der Waals surface area contributed by atoms with Crippen LogP contribution >= 0.6 is 0 Å². The van der Waals surface area contributed by atoms with Crippen LogP contribution in [0.3, 0.4) is 0 Å². The number of carbonyl (C=O) groups is 2. The van der Waals surface area contributed by atoms with Crippen molar-refractivity contribution in [3.05, 3.63) is 35.4 Å². The van der Waals surface area contributed by atoms with Gasteiger partial charge in [0, 0.05) is 26.0 Å². The Bertz CT molecular complexity index is 643. The average Bonchev–Trinajstić information content (AvgIpc) is 3.01. The Hall–Kier alpha value is -2.64. The van der Waals surface area contributed by atoms with Gasteiger partial charge in [-0.1, -0.05) is 0 Å². The van der Waals surface area contributed by atoms with Crippen LogP contribution < -0.4 is 5.32 Å². The second-order valence-corrected chi connectivity index (χ2v) is 4.19. The third kappa shape index (κ3) is 2.68. The normalized spacial score (nSPS) is 10.5. The topological polar surface area (TPSA) is 102 Å². The van der Waals surface area contributed by atoms with E-state index in [4.69, 9.17) is 5.11 Å². The van der Waals surface area contributed by atoms with E-state index in [1.165, 1.54) is 10.9 Å². The summed E-state index contributed by atoms with van der Waals surface area (Å²) in [6.45, 7) is 2.92. The summed E-state index contributed by atoms with van der Waals surface area (Å²) >= 11 is 0. The van der Waals surface area contributed by atoms with Gasteiger partial charge in [0.25, 0.3) is 5.91 Å². The van der Waals surface area contributed by atoms with Crippen molar-refractivity contribution in [2.75, 3.05) is 0 Å². The van der Waals surface area contributed by atoms with E-state index < -0.39 is 11.9 Å². The molecule has 0 fully saturated rings. The van der Waals surface area contributed by atoms with Gasteiger partial charge < -0.3 is 10.4 Å². The first-order valence-electron chi connectivity index (χ1n) is 6.08. The first kappa shape index (κ1) is 13.8. The summed E-state index contributed by atoms with van der Waals surface area (Å²) in [5.74, 6) is -1.70. The Balaban J connectivity index is 2.11. The van der Waals surface area contributed by atoms with Gasteiger partial charge in [-0.05, 0) is 13.0 Å². The number of carboxylic acids is 1. The predicted molar refractivity (Wildman–Crippen MR) is 69.2 cm³/mol. The third-order valence-electron chi connectivity index (χ3n) is 2.81. The maximum absolute atomic E-state index is 12.0. The molecule has 20 heavy (non-hydrogen) atoms. The van der Waals surface area contributed by atoms with Gasteiger partial charge in [0.05, 0.1) is 17.8 Å². The van der Waals surface area contributed by atoms with Crippen LogP contribution in [0.1, 0.15) is 33.5 Å². The standard InChI is InChI=1S/C12H15N5O3/c1-3-17-8(4-5-14-17)6-13-11(18)9-7-16(2)15-10(9)12(19)20/h4-5,7H,3,6H2,1-2H3,(H,13,18)(H,19,20). The molecule has 0 spiro atoms. The Morgan fingerprint density at radius 3 is 2.85 bits per heavy atom. The van der Waals surface area contributed by atoms with Crippen LogP contribution in [0.5, 0.6) is 0 Å². The van der Waals surface area contributed by atoms with E-state index in [1.807, 2.05) is 6.92 Å². The lowest BCUT2D eigenvalue weighted by Gasteiger charge is -2.06. The number of nitrogens with zero attached hydrogens (tertiary/aromatic N) is 4. The summed E-state index contributed by atoms with van der Waals surface area (Å²) in [4.78, 5) is 23.0. The fourth-order valence-corrected chi connectivity index (χ4v) is 1.87. The fourth-order valence-electron chi connectivity index (χ4n) is 1.87. The molecule has 2 N–H and O–H groups in total. The zero-order chi connectivity index (χ0) is 14.7. The van der Waals surface area contributed by atoms with Gasteiger partial charge >= 0.3 is 5.97 Å². The second kappa shape index (κ2) is 5.55. The molecule has 2 heterocycles. The van der Waals surface area contributed by atoms with Crippen LogP contribution in [-0.2, 0) is 20.1 Å². The molecule has 2 aromatic heterocycles. The highest BCUT2D eigenvalue weighted by atomic mass is 16.4. The van der Waals surface area contributed by atoms with Crippen molar-refractivity contribution < 1.29 is 14.7 Å². The molecule has 0 aliphatic heterocycles. The molecule has 0 unspecified atom stereocenters. The molecule has 0 aliphatic carbocycles. The zero-order valence-electron chi connectivity index (χ0n) is 11.2. The predicted octanol–water partition coefficient (Wildman–Crippen LogP) is 0.265. The number of rotatable bonds is 5. The molecular weight excluding hydrogens is 262 g/mol. The fraction of sp³-hybridized carbons (Fsp3) is 0.333. The van der Waals surface area contributed by atoms with Crippen LogP contribution in [0, 0.1) is 0 Å². The summed E-state index contributed by atoms with van der Waals surface area (Å²) in [6, 6.07) is 1.80. The van der Waals surface area contributed by atoms with Crippen molar-refractivity contribution in [1.29, 1.82) is 0 Å². The van der Waals surface area contributed by atoms with Gasteiger partial charge in [0.2, 0.25) is 0 Å². The van der Waals surface area contributed by atoms with Crippen LogP contribution in [0.4, 0.5) is 0 Å². The van der Waals surface area contributed by atoms with Crippen molar-refractivity contribution in [1.82, 2.24) is 24.9 Å². The van der Waals surface area contributed by atoms with Gasteiger partial charge in [-0.3, -0.25) is 14.2 Å². The number of aromatic carboxylic acids is 1.